The molecule has 6 nitrogen and oxygen atoms in total. The van der Waals surface area contributed by atoms with Gasteiger partial charge in [-0.25, -0.2) is 13.2 Å². The normalized spacial score (nSPS) is 17.2. The second-order valence-electron chi connectivity index (χ2n) is 4.28. The van der Waals surface area contributed by atoms with Crippen LogP contribution in [0.3, 0.4) is 0 Å². The first kappa shape index (κ1) is 13.7. The summed E-state index contributed by atoms with van der Waals surface area (Å²) in [6.07, 6.45) is 0.635. The molecule has 1 aliphatic heterocycles. The van der Waals surface area contributed by atoms with E-state index in [4.69, 9.17) is 0 Å². The Morgan fingerprint density at radius 3 is 2.84 bits per heavy atom. The van der Waals surface area contributed by atoms with Gasteiger partial charge < -0.3 is 10.6 Å². The minimum Gasteiger partial charge on any atom is -0.338 e. The lowest BCUT2D eigenvalue weighted by Gasteiger charge is -2.17. The zero-order valence-electron chi connectivity index (χ0n) is 10.7. The molecule has 0 aromatic heterocycles. The summed E-state index contributed by atoms with van der Waals surface area (Å²) in [6, 6.07) is 6.54. The van der Waals surface area contributed by atoms with Crippen molar-refractivity contribution >= 4 is 27.4 Å². The lowest BCUT2D eigenvalue weighted by atomic mass is 10.2. The Morgan fingerprint density at radius 1 is 1.42 bits per heavy atom. The molecule has 104 valence electrons. The third-order valence-corrected chi connectivity index (χ3v) is 4.70. The van der Waals surface area contributed by atoms with Crippen LogP contribution in [0.25, 0.3) is 0 Å². The molecule has 0 bridgehead atoms. The molecule has 1 heterocycles. The monoisotopic (exact) mass is 283 g/mol. The van der Waals surface area contributed by atoms with Crippen molar-refractivity contribution in [3.05, 3.63) is 24.3 Å². The molecule has 1 aromatic rings. The number of carbonyl (C=O) groups excluding carboxylic acids is 1. The Bertz CT molecular complexity index is 571. The highest BCUT2D eigenvalue weighted by Gasteiger charge is 2.28. The van der Waals surface area contributed by atoms with Crippen LogP contribution in [0, 0.1) is 0 Å². The molecule has 19 heavy (non-hydrogen) atoms. The van der Waals surface area contributed by atoms with Crippen molar-refractivity contribution in [2.75, 3.05) is 28.5 Å². The van der Waals surface area contributed by atoms with E-state index in [1.807, 2.05) is 6.92 Å². The summed E-state index contributed by atoms with van der Waals surface area (Å²) >= 11 is 0. The van der Waals surface area contributed by atoms with Crippen LogP contribution >= 0.6 is 0 Å². The van der Waals surface area contributed by atoms with Crippen LogP contribution < -0.4 is 14.9 Å². The average molecular weight is 283 g/mol. The molecule has 0 saturated carbocycles. The molecule has 2 N–H and O–H groups in total. The van der Waals surface area contributed by atoms with Crippen molar-refractivity contribution in [3.63, 3.8) is 0 Å². The second kappa shape index (κ2) is 5.48. The van der Waals surface area contributed by atoms with Crippen LogP contribution in [-0.4, -0.2) is 33.3 Å². The van der Waals surface area contributed by atoms with E-state index in [1.165, 1.54) is 4.31 Å². The zero-order valence-corrected chi connectivity index (χ0v) is 11.5. The van der Waals surface area contributed by atoms with E-state index in [9.17, 15) is 13.2 Å². The van der Waals surface area contributed by atoms with Gasteiger partial charge in [0, 0.05) is 18.8 Å². The molecule has 2 amide bonds. The van der Waals surface area contributed by atoms with Gasteiger partial charge in [0.1, 0.15) is 0 Å². The molecule has 0 aliphatic carbocycles. The molecule has 2 rings (SSSR count). The van der Waals surface area contributed by atoms with Crippen molar-refractivity contribution < 1.29 is 13.2 Å². The maximum Gasteiger partial charge on any atom is 0.319 e. The van der Waals surface area contributed by atoms with Crippen LogP contribution in [0.15, 0.2) is 24.3 Å². The van der Waals surface area contributed by atoms with Gasteiger partial charge in [-0.1, -0.05) is 6.07 Å². The van der Waals surface area contributed by atoms with Gasteiger partial charge in [-0.3, -0.25) is 4.31 Å². The van der Waals surface area contributed by atoms with E-state index in [1.54, 1.807) is 24.3 Å². The van der Waals surface area contributed by atoms with Gasteiger partial charge in [-0.05, 0) is 31.5 Å². The maximum absolute atomic E-state index is 11.8. The van der Waals surface area contributed by atoms with Crippen LogP contribution in [-0.2, 0) is 10.0 Å². The molecular formula is C12H17N3O3S. The number of nitrogens with one attached hydrogen (secondary N) is 2. The first-order valence-corrected chi connectivity index (χ1v) is 7.79. The molecule has 7 heteroatoms. The van der Waals surface area contributed by atoms with Crippen molar-refractivity contribution in [1.82, 2.24) is 5.32 Å². The number of hydrogen-bond acceptors (Lipinski definition) is 3. The highest BCUT2D eigenvalue weighted by atomic mass is 32.2. The lowest BCUT2D eigenvalue weighted by molar-refractivity contribution is 0.252. The van der Waals surface area contributed by atoms with Gasteiger partial charge in [0.2, 0.25) is 10.0 Å². The van der Waals surface area contributed by atoms with Gasteiger partial charge in [0.25, 0.3) is 0 Å². The molecule has 1 aliphatic rings. The van der Waals surface area contributed by atoms with Crippen LogP contribution in [0.4, 0.5) is 16.2 Å². The van der Waals surface area contributed by atoms with Crippen LogP contribution in [0.1, 0.15) is 13.3 Å². The summed E-state index contributed by atoms with van der Waals surface area (Å²) in [6.45, 7) is 2.85. The van der Waals surface area contributed by atoms with Crippen molar-refractivity contribution in [3.8, 4) is 0 Å². The number of hydrogen-bond donors (Lipinski definition) is 2. The Hall–Kier alpha value is -1.76. The predicted octanol–water partition coefficient (Wildman–Crippen LogP) is 1.37. The van der Waals surface area contributed by atoms with Gasteiger partial charge in [-0.15, -0.1) is 0 Å². The maximum atomic E-state index is 11.8. The second-order valence-corrected chi connectivity index (χ2v) is 6.29. The summed E-state index contributed by atoms with van der Waals surface area (Å²) < 4.78 is 25.0. The SMILES string of the molecule is CCNC(=O)Nc1cccc(N2CCCS2(=O)=O)c1. The van der Waals surface area contributed by atoms with E-state index in [0.717, 1.165) is 0 Å². The van der Waals surface area contributed by atoms with Crippen molar-refractivity contribution in [2.24, 2.45) is 0 Å². The summed E-state index contributed by atoms with van der Waals surface area (Å²) in [4.78, 5) is 11.4. The summed E-state index contributed by atoms with van der Waals surface area (Å²) in [5.74, 6) is 0.182. The fourth-order valence-electron chi connectivity index (χ4n) is 2.00. The fourth-order valence-corrected chi connectivity index (χ4v) is 3.56. The number of sulfonamides is 1. The third kappa shape index (κ3) is 3.17. The van der Waals surface area contributed by atoms with E-state index in [0.29, 0.717) is 30.9 Å². The number of rotatable bonds is 3. The number of benzene rings is 1. The fraction of sp³-hybridized carbons (Fsp3) is 0.417. The minimum atomic E-state index is -3.19. The van der Waals surface area contributed by atoms with Crippen LogP contribution in [0.2, 0.25) is 0 Å². The highest BCUT2D eigenvalue weighted by Crippen LogP contribution is 2.26. The smallest absolute Gasteiger partial charge is 0.319 e. The number of nitrogens with zero attached hydrogens (tertiary/aromatic N) is 1. The molecule has 1 fully saturated rings. The Labute approximate surface area is 112 Å². The van der Waals surface area contributed by atoms with Crippen molar-refractivity contribution in [2.45, 2.75) is 13.3 Å². The molecule has 0 unspecified atom stereocenters. The lowest BCUT2D eigenvalue weighted by Crippen LogP contribution is -2.28. The van der Waals surface area contributed by atoms with E-state index < -0.39 is 10.0 Å². The molecule has 1 aromatic carbocycles. The third-order valence-electron chi connectivity index (χ3n) is 2.83. The van der Waals surface area contributed by atoms with Gasteiger partial charge in [-0.2, -0.15) is 0 Å². The summed E-state index contributed by atoms with van der Waals surface area (Å²) in [5.41, 5.74) is 1.16. The standard InChI is InChI=1S/C12H17N3O3S/c1-2-13-12(16)14-10-5-3-6-11(9-10)15-7-4-8-19(15,17)18/h3,5-6,9H,2,4,7-8H2,1H3,(H2,13,14,16). The number of urea groups is 1. The molecule has 1 saturated heterocycles. The van der Waals surface area contributed by atoms with Gasteiger partial charge in [0.05, 0.1) is 11.4 Å². The van der Waals surface area contributed by atoms with Gasteiger partial charge in [0.15, 0.2) is 0 Å². The van der Waals surface area contributed by atoms with E-state index in [-0.39, 0.29) is 11.8 Å². The number of carbonyl (C=O) groups is 1. The zero-order chi connectivity index (χ0) is 13.9. The molecule has 0 atom stereocenters. The van der Waals surface area contributed by atoms with Crippen molar-refractivity contribution in [1.29, 1.82) is 0 Å². The first-order valence-electron chi connectivity index (χ1n) is 6.18. The average Bonchev–Trinajstić information content (AvgIpc) is 2.69. The molecular weight excluding hydrogens is 266 g/mol. The highest BCUT2D eigenvalue weighted by molar-refractivity contribution is 7.93. The summed E-state index contributed by atoms with van der Waals surface area (Å²) in [7, 11) is -3.19. The number of amides is 2. The molecule has 0 radical (unpaired) electrons. The summed E-state index contributed by atoms with van der Waals surface area (Å²) in [5, 5.41) is 5.28. The quantitative estimate of drug-likeness (QED) is 0.879. The van der Waals surface area contributed by atoms with Crippen LogP contribution in [0.5, 0.6) is 0 Å². The molecule has 0 spiro atoms. The van der Waals surface area contributed by atoms with Gasteiger partial charge >= 0.3 is 6.03 Å². The largest absolute Gasteiger partial charge is 0.338 e. The first-order chi connectivity index (χ1) is 9.03. The van der Waals surface area contributed by atoms with E-state index >= 15 is 0 Å². The number of anilines is 2. The Morgan fingerprint density at radius 2 is 2.21 bits per heavy atom. The minimum absolute atomic E-state index is 0.182. The predicted molar refractivity (Wildman–Crippen MR) is 74.9 cm³/mol. The Balaban J connectivity index is 2.18. The Kier molecular flexibility index (Phi) is 3.94. The topological polar surface area (TPSA) is 78.5 Å². The van der Waals surface area contributed by atoms with E-state index in [2.05, 4.69) is 10.6 Å².